The number of rotatable bonds is 6. The fourth-order valence-electron chi connectivity index (χ4n) is 10.8. The lowest BCUT2D eigenvalue weighted by atomic mass is 9.43. The number of hydrogen-bond acceptors (Lipinski definition) is 6. The Bertz CT molecular complexity index is 1340. The highest BCUT2D eigenvalue weighted by Crippen LogP contribution is 2.69. The zero-order chi connectivity index (χ0) is 30.5. The predicted octanol–water partition coefficient (Wildman–Crippen LogP) is 7.72. The van der Waals surface area contributed by atoms with Crippen LogP contribution in [0.2, 0.25) is 0 Å². The Kier molecular flexibility index (Phi) is 7.89. The number of esters is 2. The second-order valence-corrected chi connectivity index (χ2v) is 15.0. The Morgan fingerprint density at radius 1 is 0.818 bits per heavy atom. The minimum atomic E-state index is -0.459. The van der Waals surface area contributed by atoms with Gasteiger partial charge in [-0.2, -0.15) is 0 Å². The van der Waals surface area contributed by atoms with Crippen molar-refractivity contribution in [2.24, 2.45) is 46.3 Å². The van der Waals surface area contributed by atoms with E-state index in [0.717, 1.165) is 44.9 Å². The quantitative estimate of drug-likeness (QED) is 0.316. The van der Waals surface area contributed by atoms with Crippen molar-refractivity contribution in [1.82, 2.24) is 0 Å². The van der Waals surface area contributed by atoms with Gasteiger partial charge in [-0.1, -0.05) is 57.2 Å². The van der Waals surface area contributed by atoms with Gasteiger partial charge in [0.2, 0.25) is 0 Å². The molecule has 0 amide bonds. The maximum Gasteiger partial charge on any atom is 0.338 e. The Labute approximate surface area is 262 Å². The molecular formula is C38H48O6. The first-order valence-electron chi connectivity index (χ1n) is 17.0. The lowest BCUT2D eigenvalue weighted by molar-refractivity contribution is -0.242. The van der Waals surface area contributed by atoms with Crippen molar-refractivity contribution in [3.8, 4) is 0 Å². The summed E-state index contributed by atoms with van der Waals surface area (Å²) in [6.07, 6.45) is 8.24. The van der Waals surface area contributed by atoms with E-state index in [0.29, 0.717) is 60.5 Å². The van der Waals surface area contributed by atoms with E-state index >= 15 is 0 Å². The molecule has 1 spiro atoms. The van der Waals surface area contributed by atoms with Crippen LogP contribution in [0.5, 0.6) is 0 Å². The molecule has 0 bridgehead atoms. The van der Waals surface area contributed by atoms with E-state index in [1.807, 2.05) is 60.7 Å². The van der Waals surface area contributed by atoms with E-state index < -0.39 is 5.79 Å². The van der Waals surface area contributed by atoms with Crippen LogP contribution in [0, 0.1) is 46.3 Å². The molecule has 2 aromatic carbocycles. The third-order valence-electron chi connectivity index (χ3n) is 13.0. The van der Waals surface area contributed by atoms with Crippen molar-refractivity contribution in [2.45, 2.75) is 84.0 Å². The maximum absolute atomic E-state index is 13.6. The molecule has 4 saturated carbocycles. The summed E-state index contributed by atoms with van der Waals surface area (Å²) < 4.78 is 24.9. The average molecular weight is 601 g/mol. The Morgan fingerprint density at radius 2 is 1.45 bits per heavy atom. The largest absolute Gasteiger partial charge is 0.462 e. The van der Waals surface area contributed by atoms with Crippen molar-refractivity contribution in [2.75, 3.05) is 19.8 Å². The summed E-state index contributed by atoms with van der Waals surface area (Å²) in [6, 6.07) is 18.7. The summed E-state index contributed by atoms with van der Waals surface area (Å²) in [5, 5.41) is 0. The number of ether oxygens (including phenoxy) is 4. The normalized spacial score (nSPS) is 37.8. The molecular weight excluding hydrogens is 552 g/mol. The second kappa shape index (κ2) is 11.6. The van der Waals surface area contributed by atoms with E-state index in [1.54, 1.807) is 0 Å². The Balaban J connectivity index is 1.14. The number of fused-ring (bicyclic) bond motifs is 5. The van der Waals surface area contributed by atoms with Crippen molar-refractivity contribution in [1.29, 1.82) is 0 Å². The molecule has 0 radical (unpaired) electrons. The van der Waals surface area contributed by atoms with Crippen LogP contribution in [0.4, 0.5) is 0 Å². The van der Waals surface area contributed by atoms with Crippen molar-refractivity contribution in [3.05, 3.63) is 71.8 Å². The standard InChI is InChI=1S/C38H48O6/c1-25(24-41-34(39)26-10-6-4-7-11-26)29-14-15-30-33-31(16-17-37(29,30)3)36(2)18-19-38(42-20-21-43-38)23-28(36)22-32(33)44-35(40)27-12-8-5-9-13-27/h4-13,25,28-33H,14-24H2,1-3H3/t25-,28?,29-,30+,31+,32-,33+,36+,37-/m1/s1. The first kappa shape index (κ1) is 30.0. The minimum absolute atomic E-state index is 0.119. The molecule has 1 unspecified atom stereocenters. The molecule has 0 aromatic heterocycles. The number of carbonyl (C=O) groups excluding carboxylic acids is 2. The van der Waals surface area contributed by atoms with Gasteiger partial charge in [0, 0.05) is 18.8 Å². The Morgan fingerprint density at radius 3 is 2.14 bits per heavy atom. The van der Waals surface area contributed by atoms with Crippen molar-refractivity contribution >= 4 is 11.9 Å². The third kappa shape index (κ3) is 5.10. The fourth-order valence-corrected chi connectivity index (χ4v) is 10.8. The molecule has 9 atom stereocenters. The lowest BCUT2D eigenvalue weighted by Crippen LogP contribution is -2.61. The third-order valence-corrected chi connectivity index (χ3v) is 13.0. The smallest absolute Gasteiger partial charge is 0.338 e. The van der Waals surface area contributed by atoms with E-state index in [-0.39, 0.29) is 34.8 Å². The van der Waals surface area contributed by atoms with Gasteiger partial charge in [-0.15, -0.1) is 0 Å². The van der Waals surface area contributed by atoms with Gasteiger partial charge in [-0.25, -0.2) is 9.59 Å². The molecule has 4 aliphatic carbocycles. The molecule has 44 heavy (non-hydrogen) atoms. The molecule has 6 nitrogen and oxygen atoms in total. The van der Waals surface area contributed by atoms with Crippen molar-refractivity contribution < 1.29 is 28.5 Å². The molecule has 5 fully saturated rings. The highest BCUT2D eigenvalue weighted by molar-refractivity contribution is 5.89. The van der Waals surface area contributed by atoms with Gasteiger partial charge >= 0.3 is 11.9 Å². The second-order valence-electron chi connectivity index (χ2n) is 15.0. The van der Waals surface area contributed by atoms with Gasteiger partial charge in [0.25, 0.3) is 0 Å². The van der Waals surface area contributed by atoms with Gasteiger partial charge in [-0.3, -0.25) is 0 Å². The first-order valence-corrected chi connectivity index (χ1v) is 17.0. The van der Waals surface area contributed by atoms with Gasteiger partial charge in [0.05, 0.1) is 30.9 Å². The van der Waals surface area contributed by atoms with E-state index in [1.165, 1.54) is 6.42 Å². The zero-order valence-corrected chi connectivity index (χ0v) is 26.5. The minimum Gasteiger partial charge on any atom is -0.462 e. The van der Waals surface area contributed by atoms with Gasteiger partial charge in [0.1, 0.15) is 6.10 Å². The summed E-state index contributed by atoms with van der Waals surface area (Å²) in [4.78, 5) is 26.3. The molecule has 1 aliphatic heterocycles. The summed E-state index contributed by atoms with van der Waals surface area (Å²) >= 11 is 0. The summed E-state index contributed by atoms with van der Waals surface area (Å²) in [5.74, 6) is 1.49. The molecule has 2 aromatic rings. The van der Waals surface area contributed by atoms with Gasteiger partial charge in [-0.05, 0) is 103 Å². The van der Waals surface area contributed by atoms with Crippen LogP contribution in [0.15, 0.2) is 60.7 Å². The Hall–Kier alpha value is -2.70. The molecule has 236 valence electrons. The number of hydrogen-bond donors (Lipinski definition) is 0. The average Bonchev–Trinajstić information content (AvgIpc) is 3.65. The number of carbonyl (C=O) groups is 2. The van der Waals surface area contributed by atoms with Gasteiger partial charge in [0.15, 0.2) is 5.79 Å². The van der Waals surface area contributed by atoms with Crippen LogP contribution in [-0.2, 0) is 18.9 Å². The van der Waals surface area contributed by atoms with Gasteiger partial charge < -0.3 is 18.9 Å². The van der Waals surface area contributed by atoms with Crippen LogP contribution in [-0.4, -0.2) is 43.7 Å². The topological polar surface area (TPSA) is 71.1 Å². The van der Waals surface area contributed by atoms with E-state index in [9.17, 15) is 9.59 Å². The summed E-state index contributed by atoms with van der Waals surface area (Å²) in [6.45, 7) is 9.04. The molecule has 0 N–H and O–H groups in total. The van der Waals surface area contributed by atoms with Crippen LogP contribution in [0.1, 0.15) is 92.9 Å². The molecule has 1 saturated heterocycles. The van der Waals surface area contributed by atoms with Crippen molar-refractivity contribution in [3.63, 3.8) is 0 Å². The highest BCUT2D eigenvalue weighted by atomic mass is 16.7. The van der Waals surface area contributed by atoms with Crippen LogP contribution >= 0.6 is 0 Å². The van der Waals surface area contributed by atoms with Crippen LogP contribution < -0.4 is 0 Å². The SMILES string of the molecule is C[C@H](COC(=O)c1ccccc1)[C@H]1CC[C@H]2[C@@H]3[C@H](OC(=O)c4ccccc4)CC4CC5(CC[C@]4(C)[C@H]3CC[C@]12C)OCCO5. The van der Waals surface area contributed by atoms with Crippen LogP contribution in [0.3, 0.4) is 0 Å². The van der Waals surface area contributed by atoms with E-state index in [2.05, 4.69) is 20.8 Å². The fraction of sp³-hybridized carbons (Fsp3) is 0.632. The summed E-state index contributed by atoms with van der Waals surface area (Å²) in [7, 11) is 0. The first-order chi connectivity index (χ1) is 21.2. The van der Waals surface area contributed by atoms with Crippen LogP contribution in [0.25, 0.3) is 0 Å². The monoisotopic (exact) mass is 600 g/mol. The lowest BCUT2D eigenvalue weighted by Gasteiger charge is -2.63. The number of benzene rings is 2. The highest BCUT2D eigenvalue weighted by Gasteiger charge is 2.65. The predicted molar refractivity (Wildman–Crippen MR) is 167 cm³/mol. The molecule has 7 rings (SSSR count). The molecule has 5 aliphatic rings. The summed E-state index contributed by atoms with van der Waals surface area (Å²) in [5.41, 5.74) is 1.52. The molecule has 1 heterocycles. The zero-order valence-electron chi connectivity index (χ0n) is 26.5. The molecule has 6 heteroatoms. The maximum atomic E-state index is 13.6. The van der Waals surface area contributed by atoms with E-state index in [4.69, 9.17) is 18.9 Å².